The summed E-state index contributed by atoms with van der Waals surface area (Å²) in [4.78, 5) is 18.6. The van der Waals surface area contributed by atoms with Crippen LogP contribution >= 0.6 is 11.8 Å². The van der Waals surface area contributed by atoms with Crippen molar-refractivity contribution < 1.29 is 9.53 Å². The van der Waals surface area contributed by atoms with Gasteiger partial charge in [-0.25, -0.2) is 4.98 Å². The minimum atomic E-state index is -0.157. The fourth-order valence-electron chi connectivity index (χ4n) is 1.49. The van der Waals surface area contributed by atoms with Crippen LogP contribution in [0.4, 0.5) is 0 Å². The standard InChI is InChI=1S/C12H14N2O2S/c1-16-11(15)7-4-8-17-12-13-9-5-2-3-6-10(9)14-12/h2-3,5-6H,4,7-8H2,1H3,(H,13,14). The Morgan fingerprint density at radius 1 is 1.47 bits per heavy atom. The van der Waals surface area contributed by atoms with Crippen LogP contribution in [0.5, 0.6) is 0 Å². The van der Waals surface area contributed by atoms with Gasteiger partial charge in [-0.05, 0) is 18.6 Å². The monoisotopic (exact) mass is 250 g/mol. The zero-order valence-corrected chi connectivity index (χ0v) is 10.4. The molecule has 2 rings (SSSR count). The molecule has 0 spiro atoms. The molecule has 4 nitrogen and oxygen atoms in total. The average Bonchev–Trinajstić information content (AvgIpc) is 2.76. The van der Waals surface area contributed by atoms with Crippen molar-refractivity contribution in [2.45, 2.75) is 18.0 Å². The quantitative estimate of drug-likeness (QED) is 0.503. The summed E-state index contributed by atoms with van der Waals surface area (Å²) < 4.78 is 4.58. The molecule has 90 valence electrons. The second-order valence-corrected chi connectivity index (χ2v) is 4.67. The van der Waals surface area contributed by atoms with Crippen LogP contribution < -0.4 is 0 Å². The maximum atomic E-state index is 10.9. The van der Waals surface area contributed by atoms with Crippen molar-refractivity contribution >= 4 is 28.8 Å². The molecule has 0 aliphatic carbocycles. The second-order valence-electron chi connectivity index (χ2n) is 3.59. The number of H-pyrrole nitrogens is 1. The molecule has 0 radical (unpaired) electrons. The van der Waals surface area contributed by atoms with E-state index in [1.807, 2.05) is 24.3 Å². The number of esters is 1. The lowest BCUT2D eigenvalue weighted by Gasteiger charge is -1.97. The molecule has 0 saturated carbocycles. The van der Waals surface area contributed by atoms with Gasteiger partial charge in [0.05, 0.1) is 18.1 Å². The molecule has 1 heterocycles. The lowest BCUT2D eigenvalue weighted by Crippen LogP contribution is -2.00. The number of aromatic nitrogens is 2. The smallest absolute Gasteiger partial charge is 0.305 e. The predicted octanol–water partition coefficient (Wildman–Crippen LogP) is 2.61. The van der Waals surface area contributed by atoms with Gasteiger partial charge in [-0.15, -0.1) is 0 Å². The first-order chi connectivity index (χ1) is 8.29. The van der Waals surface area contributed by atoms with Gasteiger partial charge in [-0.3, -0.25) is 4.79 Å². The zero-order valence-electron chi connectivity index (χ0n) is 9.60. The predicted molar refractivity (Wildman–Crippen MR) is 68.1 cm³/mol. The molecule has 17 heavy (non-hydrogen) atoms. The molecular formula is C12H14N2O2S. The average molecular weight is 250 g/mol. The fraction of sp³-hybridized carbons (Fsp3) is 0.333. The Morgan fingerprint density at radius 2 is 2.29 bits per heavy atom. The molecule has 0 unspecified atom stereocenters. The number of methoxy groups -OCH3 is 1. The lowest BCUT2D eigenvalue weighted by atomic mass is 10.3. The molecule has 0 aliphatic rings. The van der Waals surface area contributed by atoms with E-state index in [4.69, 9.17) is 0 Å². The Kier molecular flexibility index (Phi) is 4.03. The highest BCUT2D eigenvalue weighted by Gasteiger charge is 2.04. The summed E-state index contributed by atoms with van der Waals surface area (Å²) in [6, 6.07) is 7.92. The van der Waals surface area contributed by atoms with Gasteiger partial charge in [0.15, 0.2) is 5.16 Å². The third kappa shape index (κ3) is 3.23. The number of thioether (sulfide) groups is 1. The van der Waals surface area contributed by atoms with Gasteiger partial charge in [0, 0.05) is 12.2 Å². The molecule has 5 heteroatoms. The van der Waals surface area contributed by atoms with E-state index in [1.54, 1.807) is 11.8 Å². The summed E-state index contributed by atoms with van der Waals surface area (Å²) in [6.45, 7) is 0. The van der Waals surface area contributed by atoms with Gasteiger partial charge >= 0.3 is 5.97 Å². The van der Waals surface area contributed by atoms with E-state index in [-0.39, 0.29) is 5.97 Å². The lowest BCUT2D eigenvalue weighted by molar-refractivity contribution is -0.140. The van der Waals surface area contributed by atoms with Crippen LogP contribution in [0.1, 0.15) is 12.8 Å². The number of fused-ring (bicyclic) bond motifs is 1. The maximum absolute atomic E-state index is 10.9. The molecule has 1 aromatic carbocycles. The number of imidazole rings is 1. The number of carbonyl (C=O) groups is 1. The Balaban J connectivity index is 1.85. The summed E-state index contributed by atoms with van der Waals surface area (Å²) in [5, 5.41) is 0.899. The van der Waals surface area contributed by atoms with Gasteiger partial charge < -0.3 is 9.72 Å². The van der Waals surface area contributed by atoms with E-state index in [2.05, 4.69) is 14.7 Å². The van der Waals surface area contributed by atoms with E-state index < -0.39 is 0 Å². The largest absolute Gasteiger partial charge is 0.469 e. The van der Waals surface area contributed by atoms with Crippen molar-refractivity contribution in [2.24, 2.45) is 0 Å². The number of rotatable bonds is 5. The first-order valence-electron chi connectivity index (χ1n) is 5.44. The molecule has 0 atom stereocenters. The van der Waals surface area contributed by atoms with Crippen LogP contribution in [0.15, 0.2) is 29.4 Å². The highest BCUT2D eigenvalue weighted by Crippen LogP contribution is 2.20. The number of benzene rings is 1. The topological polar surface area (TPSA) is 55.0 Å². The summed E-state index contributed by atoms with van der Waals surface area (Å²) in [5.74, 6) is 0.699. The molecule has 2 aromatic rings. The first kappa shape index (κ1) is 12.0. The highest BCUT2D eigenvalue weighted by atomic mass is 32.2. The molecule has 0 fully saturated rings. The number of nitrogens with zero attached hydrogens (tertiary/aromatic N) is 1. The van der Waals surface area contributed by atoms with Gasteiger partial charge in [0.25, 0.3) is 0 Å². The molecular weight excluding hydrogens is 236 g/mol. The van der Waals surface area contributed by atoms with Crippen molar-refractivity contribution in [3.05, 3.63) is 24.3 Å². The SMILES string of the molecule is COC(=O)CCCSc1nc2ccccc2[nH]1. The van der Waals surface area contributed by atoms with Crippen molar-refractivity contribution in [1.82, 2.24) is 9.97 Å². The summed E-state index contributed by atoms with van der Waals surface area (Å²) in [7, 11) is 1.41. The van der Waals surface area contributed by atoms with Gasteiger partial charge in [-0.1, -0.05) is 23.9 Å². The van der Waals surface area contributed by atoms with Crippen LogP contribution in [0.25, 0.3) is 11.0 Å². The normalized spacial score (nSPS) is 10.6. The van der Waals surface area contributed by atoms with Crippen molar-refractivity contribution in [1.29, 1.82) is 0 Å². The number of ether oxygens (including phenoxy) is 1. The Labute approximate surface area is 104 Å². The van der Waals surface area contributed by atoms with Crippen molar-refractivity contribution in [3.8, 4) is 0 Å². The minimum absolute atomic E-state index is 0.157. The number of para-hydroxylation sites is 2. The van der Waals surface area contributed by atoms with E-state index in [1.165, 1.54) is 7.11 Å². The van der Waals surface area contributed by atoms with E-state index in [0.717, 1.165) is 28.4 Å². The van der Waals surface area contributed by atoms with Crippen LogP contribution in [-0.4, -0.2) is 28.8 Å². The van der Waals surface area contributed by atoms with Crippen LogP contribution in [0.3, 0.4) is 0 Å². The number of hydrogen-bond acceptors (Lipinski definition) is 4. The Bertz CT molecular complexity index is 477. The zero-order chi connectivity index (χ0) is 12.1. The Hall–Kier alpha value is -1.49. The van der Waals surface area contributed by atoms with Gasteiger partial charge in [-0.2, -0.15) is 0 Å². The summed E-state index contributed by atoms with van der Waals surface area (Å²) >= 11 is 1.62. The van der Waals surface area contributed by atoms with E-state index in [0.29, 0.717) is 6.42 Å². The van der Waals surface area contributed by atoms with E-state index >= 15 is 0 Å². The number of carbonyl (C=O) groups excluding carboxylic acids is 1. The third-order valence-corrected chi connectivity index (χ3v) is 3.32. The van der Waals surface area contributed by atoms with Crippen LogP contribution in [-0.2, 0) is 9.53 Å². The number of aromatic amines is 1. The molecule has 0 aliphatic heterocycles. The van der Waals surface area contributed by atoms with Crippen molar-refractivity contribution in [2.75, 3.05) is 12.9 Å². The number of nitrogens with one attached hydrogen (secondary N) is 1. The molecule has 0 amide bonds. The second kappa shape index (κ2) is 5.72. The van der Waals surface area contributed by atoms with Crippen molar-refractivity contribution in [3.63, 3.8) is 0 Å². The summed E-state index contributed by atoms with van der Waals surface area (Å²) in [5.41, 5.74) is 2.02. The third-order valence-electron chi connectivity index (χ3n) is 2.36. The van der Waals surface area contributed by atoms with Gasteiger partial charge in [0.2, 0.25) is 0 Å². The van der Waals surface area contributed by atoms with E-state index in [9.17, 15) is 4.79 Å². The highest BCUT2D eigenvalue weighted by molar-refractivity contribution is 7.99. The first-order valence-corrected chi connectivity index (χ1v) is 6.42. The molecule has 0 bridgehead atoms. The molecule has 0 saturated heterocycles. The van der Waals surface area contributed by atoms with Gasteiger partial charge in [0.1, 0.15) is 0 Å². The number of hydrogen-bond donors (Lipinski definition) is 1. The maximum Gasteiger partial charge on any atom is 0.305 e. The summed E-state index contributed by atoms with van der Waals surface area (Å²) in [6.07, 6.45) is 1.26. The minimum Gasteiger partial charge on any atom is -0.469 e. The molecule has 1 N–H and O–H groups in total. The Morgan fingerprint density at radius 3 is 3.06 bits per heavy atom. The fourth-order valence-corrected chi connectivity index (χ4v) is 2.31. The molecule has 1 aromatic heterocycles. The van der Waals surface area contributed by atoms with Crippen LogP contribution in [0, 0.1) is 0 Å². The van der Waals surface area contributed by atoms with Crippen LogP contribution in [0.2, 0.25) is 0 Å².